The fraction of sp³-hybridized carbons (Fsp3) is 0.0769. The van der Waals surface area contributed by atoms with E-state index in [2.05, 4.69) is 10.3 Å². The third-order valence-electron chi connectivity index (χ3n) is 2.80. The van der Waals surface area contributed by atoms with E-state index >= 15 is 0 Å². The van der Waals surface area contributed by atoms with Crippen LogP contribution in [0.1, 0.15) is 15.9 Å². The molecule has 0 aliphatic rings. The van der Waals surface area contributed by atoms with E-state index in [0.717, 1.165) is 0 Å². The number of carbonyl (C=O) groups excluding carboxylic acids is 1. The van der Waals surface area contributed by atoms with Gasteiger partial charge in [-0.25, -0.2) is 0 Å². The molecule has 2 rings (SSSR count). The van der Waals surface area contributed by atoms with Crippen LogP contribution in [0.15, 0.2) is 41.3 Å². The molecule has 0 radical (unpaired) electrons. The van der Waals surface area contributed by atoms with E-state index < -0.39 is 10.8 Å². The lowest BCUT2D eigenvalue weighted by Gasteiger charge is -2.08. The average molecular weight is 273 g/mol. The molecule has 0 aliphatic carbocycles. The topological polar surface area (TPSA) is 105 Å². The van der Waals surface area contributed by atoms with E-state index in [9.17, 15) is 19.7 Å². The second-order valence-electron chi connectivity index (χ2n) is 4.10. The van der Waals surface area contributed by atoms with E-state index in [1.807, 2.05) is 0 Å². The summed E-state index contributed by atoms with van der Waals surface area (Å²) in [6, 6.07) is 7.04. The molecular weight excluding hydrogens is 262 g/mol. The second-order valence-corrected chi connectivity index (χ2v) is 4.10. The molecule has 1 amide bonds. The molecular formula is C13H11N3O4. The normalized spacial score (nSPS) is 10.1. The number of nitro groups is 1. The van der Waals surface area contributed by atoms with Gasteiger partial charge >= 0.3 is 0 Å². The third kappa shape index (κ3) is 2.72. The summed E-state index contributed by atoms with van der Waals surface area (Å²) in [4.78, 5) is 35.6. The number of aromatic nitrogens is 1. The van der Waals surface area contributed by atoms with E-state index in [0.29, 0.717) is 11.3 Å². The number of anilines is 1. The number of nitro benzene ring substituents is 1. The summed E-state index contributed by atoms with van der Waals surface area (Å²) in [6.07, 6.45) is 1.28. The molecule has 0 saturated carbocycles. The van der Waals surface area contributed by atoms with Crippen LogP contribution in [-0.4, -0.2) is 15.8 Å². The first-order valence-corrected chi connectivity index (χ1v) is 5.73. The molecule has 1 aromatic heterocycles. The van der Waals surface area contributed by atoms with Gasteiger partial charge in [0.25, 0.3) is 11.6 Å². The summed E-state index contributed by atoms with van der Waals surface area (Å²) in [7, 11) is 0. The Morgan fingerprint density at radius 3 is 2.65 bits per heavy atom. The van der Waals surface area contributed by atoms with Crippen LogP contribution >= 0.6 is 0 Å². The molecule has 0 aliphatic heterocycles. The molecule has 1 heterocycles. The molecule has 0 unspecified atom stereocenters. The van der Waals surface area contributed by atoms with Crippen LogP contribution in [0.25, 0.3) is 0 Å². The highest BCUT2D eigenvalue weighted by atomic mass is 16.6. The van der Waals surface area contributed by atoms with E-state index in [1.54, 1.807) is 13.0 Å². The number of nitrogens with zero attached hydrogens (tertiary/aromatic N) is 1. The number of aromatic amines is 1. The monoisotopic (exact) mass is 273 g/mol. The molecule has 1 aromatic carbocycles. The van der Waals surface area contributed by atoms with Crippen LogP contribution in [0.2, 0.25) is 0 Å². The van der Waals surface area contributed by atoms with Gasteiger partial charge in [0.15, 0.2) is 0 Å². The molecule has 0 bridgehead atoms. The number of rotatable bonds is 3. The van der Waals surface area contributed by atoms with Crippen molar-refractivity contribution < 1.29 is 9.72 Å². The smallest absolute Gasteiger partial charge is 0.274 e. The summed E-state index contributed by atoms with van der Waals surface area (Å²) in [5, 5.41) is 13.4. The molecule has 2 N–H and O–H groups in total. The number of amides is 1. The minimum Gasteiger partial charge on any atom is -0.328 e. The molecule has 0 saturated heterocycles. The lowest BCUT2D eigenvalue weighted by atomic mass is 10.1. The summed E-state index contributed by atoms with van der Waals surface area (Å²) < 4.78 is 0. The molecule has 7 heteroatoms. The predicted molar refractivity (Wildman–Crippen MR) is 72.8 cm³/mol. The zero-order valence-electron chi connectivity index (χ0n) is 10.5. The van der Waals surface area contributed by atoms with Crippen LogP contribution in [0.4, 0.5) is 11.4 Å². The standard InChI is InChI=1S/C13H11N3O4/c1-8-10(3-2-4-11(8)16(19)20)15-13(18)9-5-6-12(17)14-7-9/h2-7H,1H3,(H,14,17)(H,15,18). The molecule has 7 nitrogen and oxygen atoms in total. The lowest BCUT2D eigenvalue weighted by molar-refractivity contribution is -0.385. The molecule has 0 atom stereocenters. The zero-order valence-corrected chi connectivity index (χ0v) is 10.5. The first-order chi connectivity index (χ1) is 9.49. The Bertz CT molecular complexity index is 716. The highest BCUT2D eigenvalue weighted by molar-refractivity contribution is 6.04. The molecule has 0 fully saturated rings. The van der Waals surface area contributed by atoms with Crippen LogP contribution < -0.4 is 10.9 Å². The highest BCUT2D eigenvalue weighted by Gasteiger charge is 2.15. The minimum atomic E-state index is -0.509. The summed E-state index contributed by atoms with van der Waals surface area (Å²) in [6.45, 7) is 1.56. The Kier molecular flexibility index (Phi) is 3.60. The van der Waals surface area contributed by atoms with Crippen molar-refractivity contribution in [2.45, 2.75) is 6.92 Å². The van der Waals surface area contributed by atoms with Crippen molar-refractivity contribution in [3.8, 4) is 0 Å². The molecule has 2 aromatic rings. The Hall–Kier alpha value is -2.96. The van der Waals surface area contributed by atoms with Crippen LogP contribution in [0, 0.1) is 17.0 Å². The van der Waals surface area contributed by atoms with Gasteiger partial charge < -0.3 is 10.3 Å². The van der Waals surface area contributed by atoms with Crippen molar-refractivity contribution in [2.24, 2.45) is 0 Å². The van der Waals surface area contributed by atoms with Crippen molar-refractivity contribution in [1.29, 1.82) is 0 Å². The average Bonchev–Trinajstić information content (AvgIpc) is 2.41. The first kappa shape index (κ1) is 13.5. The largest absolute Gasteiger partial charge is 0.328 e. The zero-order chi connectivity index (χ0) is 14.7. The Morgan fingerprint density at radius 2 is 2.05 bits per heavy atom. The number of carbonyl (C=O) groups is 1. The van der Waals surface area contributed by atoms with E-state index in [1.165, 1.54) is 30.5 Å². The van der Waals surface area contributed by atoms with Crippen molar-refractivity contribution >= 4 is 17.3 Å². The van der Waals surface area contributed by atoms with Crippen LogP contribution in [-0.2, 0) is 0 Å². The molecule has 102 valence electrons. The SMILES string of the molecule is Cc1c(NC(=O)c2ccc(=O)[nH]c2)cccc1[N+](=O)[O-]. The van der Waals surface area contributed by atoms with Gasteiger partial charge in [-0.2, -0.15) is 0 Å². The first-order valence-electron chi connectivity index (χ1n) is 5.73. The predicted octanol–water partition coefficient (Wildman–Crippen LogP) is 1.84. The quantitative estimate of drug-likeness (QED) is 0.657. The van der Waals surface area contributed by atoms with Crippen LogP contribution in [0.3, 0.4) is 0 Å². The van der Waals surface area contributed by atoms with Gasteiger partial charge in [0.2, 0.25) is 5.56 Å². The Labute approximate surface area is 113 Å². The number of hydrogen-bond donors (Lipinski definition) is 2. The molecule has 20 heavy (non-hydrogen) atoms. The fourth-order valence-electron chi connectivity index (χ4n) is 1.70. The number of pyridine rings is 1. The highest BCUT2D eigenvalue weighted by Crippen LogP contribution is 2.25. The maximum atomic E-state index is 12.0. The van der Waals surface area contributed by atoms with Gasteiger partial charge in [0.05, 0.1) is 21.7 Å². The van der Waals surface area contributed by atoms with Gasteiger partial charge in [-0.05, 0) is 19.1 Å². The number of benzene rings is 1. The van der Waals surface area contributed by atoms with E-state index in [-0.39, 0.29) is 16.8 Å². The number of nitrogens with one attached hydrogen (secondary N) is 2. The van der Waals surface area contributed by atoms with Crippen LogP contribution in [0.5, 0.6) is 0 Å². The van der Waals surface area contributed by atoms with Crippen molar-refractivity contribution in [1.82, 2.24) is 4.98 Å². The summed E-state index contributed by atoms with van der Waals surface area (Å²) in [5.74, 6) is -0.454. The van der Waals surface area contributed by atoms with Gasteiger partial charge in [-0.15, -0.1) is 0 Å². The van der Waals surface area contributed by atoms with Crippen molar-refractivity contribution in [3.63, 3.8) is 0 Å². The van der Waals surface area contributed by atoms with E-state index in [4.69, 9.17) is 0 Å². The van der Waals surface area contributed by atoms with Crippen molar-refractivity contribution in [2.75, 3.05) is 5.32 Å². The number of hydrogen-bond acceptors (Lipinski definition) is 4. The maximum absolute atomic E-state index is 12.0. The second kappa shape index (κ2) is 5.35. The third-order valence-corrected chi connectivity index (χ3v) is 2.80. The van der Waals surface area contributed by atoms with Gasteiger partial charge in [-0.3, -0.25) is 19.7 Å². The fourth-order valence-corrected chi connectivity index (χ4v) is 1.70. The minimum absolute atomic E-state index is 0.0655. The summed E-state index contributed by atoms with van der Waals surface area (Å²) in [5.41, 5.74) is 0.610. The Morgan fingerprint density at radius 1 is 1.30 bits per heavy atom. The maximum Gasteiger partial charge on any atom is 0.274 e. The lowest BCUT2D eigenvalue weighted by Crippen LogP contribution is -2.15. The van der Waals surface area contributed by atoms with Gasteiger partial charge in [0, 0.05) is 18.3 Å². The number of H-pyrrole nitrogens is 1. The van der Waals surface area contributed by atoms with Gasteiger partial charge in [-0.1, -0.05) is 6.07 Å². The van der Waals surface area contributed by atoms with Gasteiger partial charge in [0.1, 0.15) is 0 Å². The summed E-state index contributed by atoms with van der Waals surface area (Å²) >= 11 is 0. The molecule has 0 spiro atoms. The van der Waals surface area contributed by atoms with Crippen molar-refractivity contribution in [3.05, 3.63) is 68.1 Å². The Balaban J connectivity index is 2.28.